The van der Waals surface area contributed by atoms with Crippen LogP contribution in [0.1, 0.15) is 0 Å². The van der Waals surface area contributed by atoms with E-state index in [-0.39, 0.29) is 5.75 Å². The van der Waals surface area contributed by atoms with E-state index in [1.807, 2.05) is 60.7 Å². The summed E-state index contributed by atoms with van der Waals surface area (Å²) in [5.41, 5.74) is 3.45. The molecule has 0 unspecified atom stereocenters. The highest BCUT2D eigenvalue weighted by molar-refractivity contribution is 5.70. The molecule has 4 heteroatoms. The summed E-state index contributed by atoms with van der Waals surface area (Å²) in [6.07, 6.45) is 0. The lowest BCUT2D eigenvalue weighted by atomic mass is 10.2. The van der Waals surface area contributed by atoms with Crippen molar-refractivity contribution in [3.05, 3.63) is 72.8 Å². The highest BCUT2D eigenvalue weighted by Gasteiger charge is 2.03. The van der Waals surface area contributed by atoms with Gasteiger partial charge in [0.2, 0.25) is 0 Å². The first-order chi connectivity index (χ1) is 11.3. The second-order valence-electron chi connectivity index (χ2n) is 5.04. The first kappa shape index (κ1) is 14.8. The highest BCUT2D eigenvalue weighted by atomic mass is 16.5. The van der Waals surface area contributed by atoms with E-state index in [1.54, 1.807) is 19.2 Å². The molecule has 0 aromatic heterocycles. The van der Waals surface area contributed by atoms with Crippen molar-refractivity contribution < 1.29 is 9.84 Å². The molecule has 0 saturated heterocycles. The van der Waals surface area contributed by atoms with E-state index < -0.39 is 0 Å². The van der Waals surface area contributed by atoms with Gasteiger partial charge in [-0.15, -0.1) is 0 Å². The summed E-state index contributed by atoms with van der Waals surface area (Å²) in [6, 6.07) is 22.8. The first-order valence-corrected chi connectivity index (χ1v) is 7.31. The summed E-state index contributed by atoms with van der Waals surface area (Å²) in [6.45, 7) is 0. The monoisotopic (exact) mass is 306 g/mol. The lowest BCUT2D eigenvalue weighted by Crippen LogP contribution is -1.95. The summed E-state index contributed by atoms with van der Waals surface area (Å²) in [7, 11) is 1.65. The number of hydrogen-bond donors (Lipinski definition) is 3. The third-order valence-corrected chi connectivity index (χ3v) is 3.45. The van der Waals surface area contributed by atoms with Crippen LogP contribution >= 0.6 is 0 Å². The molecule has 0 spiro atoms. The number of methoxy groups -OCH3 is 1. The van der Waals surface area contributed by atoms with Crippen LogP contribution in [0.4, 0.5) is 22.7 Å². The normalized spacial score (nSPS) is 10.1. The molecule has 3 aromatic rings. The van der Waals surface area contributed by atoms with Crippen LogP contribution in [0.3, 0.4) is 0 Å². The summed E-state index contributed by atoms with van der Waals surface area (Å²) < 4.78 is 5.33. The molecule has 4 nitrogen and oxygen atoms in total. The quantitative estimate of drug-likeness (QED) is 0.588. The number of benzene rings is 3. The van der Waals surface area contributed by atoms with Crippen molar-refractivity contribution in [3.8, 4) is 11.5 Å². The van der Waals surface area contributed by atoms with Gasteiger partial charge in [-0.1, -0.05) is 24.3 Å². The lowest BCUT2D eigenvalue weighted by Gasteiger charge is -2.12. The molecule has 3 N–H and O–H groups in total. The average Bonchev–Trinajstić information content (AvgIpc) is 2.59. The number of phenolic OH excluding ortho intramolecular Hbond substituents is 1. The molecule has 3 aromatic carbocycles. The van der Waals surface area contributed by atoms with Crippen molar-refractivity contribution in [2.24, 2.45) is 0 Å². The molecule has 0 amide bonds. The van der Waals surface area contributed by atoms with Crippen LogP contribution in [0.15, 0.2) is 72.8 Å². The SMILES string of the molecule is COc1ccccc1Nc1ccc(Nc2ccccc2O)cc1. The second kappa shape index (κ2) is 6.75. The van der Waals surface area contributed by atoms with E-state index in [2.05, 4.69) is 10.6 Å². The zero-order valence-electron chi connectivity index (χ0n) is 12.8. The van der Waals surface area contributed by atoms with Crippen molar-refractivity contribution in [1.82, 2.24) is 0 Å². The summed E-state index contributed by atoms with van der Waals surface area (Å²) in [5.74, 6) is 1.02. The third-order valence-electron chi connectivity index (χ3n) is 3.45. The molecule has 3 rings (SSSR count). The van der Waals surface area contributed by atoms with Crippen LogP contribution in [-0.2, 0) is 0 Å². The zero-order chi connectivity index (χ0) is 16.1. The molecular weight excluding hydrogens is 288 g/mol. The number of hydrogen-bond acceptors (Lipinski definition) is 4. The van der Waals surface area contributed by atoms with Gasteiger partial charge in [0, 0.05) is 11.4 Å². The van der Waals surface area contributed by atoms with E-state index in [9.17, 15) is 5.11 Å². The fourth-order valence-corrected chi connectivity index (χ4v) is 2.28. The van der Waals surface area contributed by atoms with E-state index in [1.165, 1.54) is 0 Å². The van der Waals surface area contributed by atoms with Crippen LogP contribution in [0.25, 0.3) is 0 Å². The minimum Gasteiger partial charge on any atom is -0.506 e. The molecule has 0 bridgehead atoms. The standard InChI is InChI=1S/C19H18N2O2/c1-23-19-9-5-3-7-17(19)21-15-12-10-14(11-13-15)20-16-6-2-4-8-18(16)22/h2-13,20-22H,1H3. The van der Waals surface area contributed by atoms with E-state index in [0.29, 0.717) is 5.69 Å². The summed E-state index contributed by atoms with van der Waals surface area (Å²) >= 11 is 0. The van der Waals surface area contributed by atoms with Crippen LogP contribution in [0.2, 0.25) is 0 Å². The molecule has 0 saturated carbocycles. The number of ether oxygens (including phenoxy) is 1. The largest absolute Gasteiger partial charge is 0.506 e. The highest BCUT2D eigenvalue weighted by Crippen LogP contribution is 2.29. The molecule has 23 heavy (non-hydrogen) atoms. The Balaban J connectivity index is 1.73. The van der Waals surface area contributed by atoms with Gasteiger partial charge in [-0.25, -0.2) is 0 Å². The van der Waals surface area contributed by atoms with Crippen LogP contribution in [-0.4, -0.2) is 12.2 Å². The van der Waals surface area contributed by atoms with Gasteiger partial charge in [0.05, 0.1) is 18.5 Å². The second-order valence-corrected chi connectivity index (χ2v) is 5.04. The van der Waals surface area contributed by atoms with Crippen LogP contribution in [0.5, 0.6) is 11.5 Å². The Hall–Kier alpha value is -3.14. The van der Waals surface area contributed by atoms with Crippen molar-refractivity contribution >= 4 is 22.7 Å². The van der Waals surface area contributed by atoms with Crippen LogP contribution < -0.4 is 15.4 Å². The zero-order valence-corrected chi connectivity index (χ0v) is 12.8. The van der Waals surface area contributed by atoms with E-state index in [4.69, 9.17) is 4.74 Å². The Morgan fingerprint density at radius 2 is 1.22 bits per heavy atom. The van der Waals surface area contributed by atoms with Gasteiger partial charge in [0.25, 0.3) is 0 Å². The number of anilines is 4. The van der Waals surface area contributed by atoms with Crippen molar-refractivity contribution in [1.29, 1.82) is 0 Å². The van der Waals surface area contributed by atoms with Gasteiger partial charge in [-0.3, -0.25) is 0 Å². The Morgan fingerprint density at radius 3 is 1.83 bits per heavy atom. The molecule has 0 radical (unpaired) electrons. The summed E-state index contributed by atoms with van der Waals surface area (Å²) in [4.78, 5) is 0. The lowest BCUT2D eigenvalue weighted by molar-refractivity contribution is 0.417. The van der Waals surface area contributed by atoms with Crippen molar-refractivity contribution in [2.45, 2.75) is 0 Å². The maximum Gasteiger partial charge on any atom is 0.142 e. The van der Waals surface area contributed by atoms with E-state index >= 15 is 0 Å². The molecule has 0 atom stereocenters. The average molecular weight is 306 g/mol. The maximum atomic E-state index is 9.79. The Morgan fingerprint density at radius 1 is 0.696 bits per heavy atom. The number of para-hydroxylation sites is 4. The fourth-order valence-electron chi connectivity index (χ4n) is 2.28. The maximum absolute atomic E-state index is 9.79. The molecular formula is C19H18N2O2. The number of phenols is 1. The van der Waals surface area contributed by atoms with Gasteiger partial charge < -0.3 is 20.5 Å². The van der Waals surface area contributed by atoms with Gasteiger partial charge in [0.15, 0.2) is 0 Å². The topological polar surface area (TPSA) is 53.5 Å². The number of rotatable bonds is 5. The van der Waals surface area contributed by atoms with Crippen LogP contribution in [0, 0.1) is 0 Å². The number of aromatic hydroxyl groups is 1. The predicted molar refractivity (Wildman–Crippen MR) is 94.1 cm³/mol. The smallest absolute Gasteiger partial charge is 0.142 e. The van der Waals surface area contributed by atoms with Gasteiger partial charge >= 0.3 is 0 Å². The molecule has 116 valence electrons. The molecule has 0 heterocycles. The van der Waals surface area contributed by atoms with Gasteiger partial charge in [0.1, 0.15) is 11.5 Å². The van der Waals surface area contributed by atoms with Gasteiger partial charge in [-0.2, -0.15) is 0 Å². The molecule has 0 aliphatic rings. The Kier molecular flexibility index (Phi) is 4.34. The van der Waals surface area contributed by atoms with Crippen molar-refractivity contribution in [2.75, 3.05) is 17.7 Å². The Labute approximate surface area is 135 Å². The Bertz CT molecular complexity index is 785. The number of nitrogens with one attached hydrogen (secondary N) is 2. The first-order valence-electron chi connectivity index (χ1n) is 7.31. The molecule has 0 aliphatic heterocycles. The van der Waals surface area contributed by atoms with Gasteiger partial charge in [-0.05, 0) is 48.5 Å². The van der Waals surface area contributed by atoms with Crippen molar-refractivity contribution in [3.63, 3.8) is 0 Å². The molecule has 0 aliphatic carbocycles. The third kappa shape index (κ3) is 3.55. The molecule has 0 fully saturated rings. The van der Waals surface area contributed by atoms with E-state index in [0.717, 1.165) is 22.8 Å². The minimum atomic E-state index is 0.226. The predicted octanol–water partition coefficient (Wildman–Crippen LogP) is 4.89. The summed E-state index contributed by atoms with van der Waals surface area (Å²) in [5, 5.41) is 16.3. The fraction of sp³-hybridized carbons (Fsp3) is 0.0526. The minimum absolute atomic E-state index is 0.226.